The molecule has 3 aromatic rings. The zero-order chi connectivity index (χ0) is 18.1. The molecule has 2 heterocycles. The van der Waals surface area contributed by atoms with E-state index in [-0.39, 0.29) is 0 Å². The van der Waals surface area contributed by atoms with E-state index in [1.165, 1.54) is 16.6 Å². The molecule has 1 aliphatic rings. The summed E-state index contributed by atoms with van der Waals surface area (Å²) in [5.41, 5.74) is 5.52. The van der Waals surface area contributed by atoms with Crippen molar-refractivity contribution in [2.45, 2.75) is 20.4 Å². The average Bonchev–Trinajstić information content (AvgIpc) is 2.66. The number of hydrogen-bond donors (Lipinski definition) is 1. The summed E-state index contributed by atoms with van der Waals surface area (Å²) in [6.45, 7) is 9.03. The highest BCUT2D eigenvalue weighted by Crippen LogP contribution is 2.28. The molecule has 2 aromatic carbocycles. The molecule has 4 nitrogen and oxygen atoms in total. The number of anilines is 1. The van der Waals surface area contributed by atoms with Gasteiger partial charge in [0.2, 0.25) is 0 Å². The lowest BCUT2D eigenvalue weighted by atomic mass is 10.1. The van der Waals surface area contributed by atoms with E-state index in [4.69, 9.17) is 0 Å². The Hall–Kier alpha value is -2.59. The highest BCUT2D eigenvalue weighted by molar-refractivity contribution is 5.78. The molecule has 0 amide bonds. The Morgan fingerprint density at radius 1 is 0.962 bits per heavy atom. The van der Waals surface area contributed by atoms with Crippen molar-refractivity contribution in [1.82, 2.24) is 9.88 Å². The second-order valence-electron chi connectivity index (χ2n) is 7.22. The molecule has 0 aliphatic carbocycles. The smallest absolute Gasteiger partial charge is 0.121 e. The largest absolute Gasteiger partial charge is 0.507 e. The SMILES string of the molecule is Cc1cc(N2CCN(Cc3ccc4ncccc4c3)CC2)cc(C)c1O. The summed E-state index contributed by atoms with van der Waals surface area (Å²) in [7, 11) is 0. The molecule has 0 radical (unpaired) electrons. The fraction of sp³-hybridized carbons (Fsp3) is 0.318. The van der Waals surface area contributed by atoms with E-state index in [2.05, 4.69) is 51.2 Å². The standard InChI is InChI=1S/C22H25N3O/c1-16-12-20(13-17(2)22(16)26)25-10-8-24(9-11-25)15-18-5-6-21-19(14-18)4-3-7-23-21/h3-7,12-14,26H,8-11,15H2,1-2H3. The topological polar surface area (TPSA) is 39.6 Å². The Kier molecular flexibility index (Phi) is 4.51. The van der Waals surface area contributed by atoms with Crippen molar-refractivity contribution in [2.75, 3.05) is 31.1 Å². The quantitative estimate of drug-likeness (QED) is 0.780. The van der Waals surface area contributed by atoms with Crippen LogP contribution >= 0.6 is 0 Å². The first-order chi connectivity index (χ1) is 12.6. The lowest BCUT2D eigenvalue weighted by molar-refractivity contribution is 0.250. The van der Waals surface area contributed by atoms with Gasteiger partial charge in [0.15, 0.2) is 0 Å². The first-order valence-corrected chi connectivity index (χ1v) is 9.21. The molecular weight excluding hydrogens is 322 g/mol. The van der Waals surface area contributed by atoms with Crippen LogP contribution in [0.25, 0.3) is 10.9 Å². The summed E-state index contributed by atoms with van der Waals surface area (Å²) < 4.78 is 0. The molecular formula is C22H25N3O. The molecule has 1 aliphatic heterocycles. The van der Waals surface area contributed by atoms with Gasteiger partial charge in [0.25, 0.3) is 0 Å². The molecule has 0 bridgehead atoms. The van der Waals surface area contributed by atoms with E-state index in [0.29, 0.717) is 5.75 Å². The van der Waals surface area contributed by atoms with Gasteiger partial charge in [-0.1, -0.05) is 12.1 Å². The van der Waals surface area contributed by atoms with E-state index in [1.54, 1.807) is 0 Å². The van der Waals surface area contributed by atoms with Gasteiger partial charge in [0.05, 0.1) is 5.52 Å². The average molecular weight is 347 g/mol. The Labute approximate surface area is 154 Å². The number of fused-ring (bicyclic) bond motifs is 1. The van der Waals surface area contributed by atoms with Crippen molar-refractivity contribution in [3.63, 3.8) is 0 Å². The minimum absolute atomic E-state index is 0.415. The van der Waals surface area contributed by atoms with Crippen LogP contribution in [0.3, 0.4) is 0 Å². The predicted octanol–water partition coefficient (Wildman–Crippen LogP) is 3.88. The third-order valence-corrected chi connectivity index (χ3v) is 5.29. The number of benzene rings is 2. The maximum Gasteiger partial charge on any atom is 0.121 e. The lowest BCUT2D eigenvalue weighted by Gasteiger charge is -2.36. The van der Waals surface area contributed by atoms with Gasteiger partial charge in [0.1, 0.15) is 5.75 Å². The predicted molar refractivity (Wildman–Crippen MR) is 107 cm³/mol. The molecule has 0 saturated carbocycles. The summed E-state index contributed by atoms with van der Waals surface area (Å²) in [6, 6.07) is 14.9. The van der Waals surface area contributed by atoms with Gasteiger partial charge in [-0.25, -0.2) is 0 Å². The minimum atomic E-state index is 0.415. The second-order valence-corrected chi connectivity index (χ2v) is 7.22. The summed E-state index contributed by atoms with van der Waals surface area (Å²) in [4.78, 5) is 9.32. The van der Waals surface area contributed by atoms with Crippen LogP contribution in [0.2, 0.25) is 0 Å². The highest BCUT2D eigenvalue weighted by atomic mass is 16.3. The van der Waals surface area contributed by atoms with Gasteiger partial charge in [-0.05, 0) is 60.9 Å². The molecule has 134 valence electrons. The van der Waals surface area contributed by atoms with Crippen LogP contribution in [0.5, 0.6) is 5.75 Å². The number of phenolic OH excluding ortho intramolecular Hbond substituents is 1. The van der Waals surface area contributed by atoms with Crippen molar-refractivity contribution >= 4 is 16.6 Å². The lowest BCUT2D eigenvalue weighted by Crippen LogP contribution is -2.46. The van der Waals surface area contributed by atoms with Crippen molar-refractivity contribution in [2.24, 2.45) is 0 Å². The summed E-state index contributed by atoms with van der Waals surface area (Å²) >= 11 is 0. The zero-order valence-corrected chi connectivity index (χ0v) is 15.4. The van der Waals surface area contributed by atoms with Crippen molar-refractivity contribution in [1.29, 1.82) is 0 Å². The van der Waals surface area contributed by atoms with Gasteiger partial charge >= 0.3 is 0 Å². The van der Waals surface area contributed by atoms with Crippen molar-refractivity contribution in [3.8, 4) is 5.75 Å². The number of aromatic nitrogens is 1. The number of pyridine rings is 1. The third-order valence-electron chi connectivity index (χ3n) is 5.29. The highest BCUT2D eigenvalue weighted by Gasteiger charge is 2.18. The second kappa shape index (κ2) is 6.96. The first-order valence-electron chi connectivity index (χ1n) is 9.21. The van der Waals surface area contributed by atoms with E-state index in [0.717, 1.165) is 49.4 Å². The normalized spacial score (nSPS) is 15.5. The number of rotatable bonds is 3. The Balaban J connectivity index is 1.41. The van der Waals surface area contributed by atoms with Crippen molar-refractivity contribution in [3.05, 3.63) is 65.4 Å². The van der Waals surface area contributed by atoms with Gasteiger partial charge in [-0.2, -0.15) is 0 Å². The van der Waals surface area contributed by atoms with Gasteiger partial charge in [0, 0.05) is 50.0 Å². The first kappa shape index (κ1) is 16.9. The van der Waals surface area contributed by atoms with Crippen LogP contribution in [0.15, 0.2) is 48.7 Å². The third kappa shape index (κ3) is 3.37. The summed E-state index contributed by atoms with van der Waals surface area (Å²) in [6.07, 6.45) is 1.84. The zero-order valence-electron chi connectivity index (χ0n) is 15.4. The molecule has 1 fully saturated rings. The molecule has 1 N–H and O–H groups in total. The van der Waals surface area contributed by atoms with Crippen LogP contribution in [-0.4, -0.2) is 41.2 Å². The summed E-state index contributed by atoms with van der Waals surface area (Å²) in [5, 5.41) is 11.2. The van der Waals surface area contributed by atoms with Gasteiger partial charge in [-0.15, -0.1) is 0 Å². The monoisotopic (exact) mass is 347 g/mol. The maximum absolute atomic E-state index is 9.98. The fourth-order valence-corrected chi connectivity index (χ4v) is 3.76. The Morgan fingerprint density at radius 3 is 2.42 bits per heavy atom. The number of phenols is 1. The Bertz CT molecular complexity index is 907. The van der Waals surface area contributed by atoms with E-state index in [9.17, 15) is 5.11 Å². The van der Waals surface area contributed by atoms with Crippen LogP contribution in [0.1, 0.15) is 16.7 Å². The Morgan fingerprint density at radius 2 is 1.69 bits per heavy atom. The molecule has 4 rings (SSSR count). The molecule has 0 unspecified atom stereocenters. The van der Waals surface area contributed by atoms with Gasteiger partial charge in [-0.3, -0.25) is 9.88 Å². The van der Waals surface area contributed by atoms with E-state index in [1.807, 2.05) is 26.1 Å². The fourth-order valence-electron chi connectivity index (χ4n) is 3.76. The summed E-state index contributed by atoms with van der Waals surface area (Å²) in [5.74, 6) is 0.415. The van der Waals surface area contributed by atoms with Crippen LogP contribution in [0, 0.1) is 13.8 Å². The molecule has 4 heteroatoms. The minimum Gasteiger partial charge on any atom is -0.507 e. The molecule has 0 spiro atoms. The van der Waals surface area contributed by atoms with Crippen LogP contribution < -0.4 is 4.90 Å². The van der Waals surface area contributed by atoms with Gasteiger partial charge < -0.3 is 10.0 Å². The number of nitrogens with zero attached hydrogens (tertiary/aromatic N) is 3. The maximum atomic E-state index is 9.98. The molecule has 0 atom stereocenters. The molecule has 1 saturated heterocycles. The van der Waals surface area contributed by atoms with E-state index >= 15 is 0 Å². The molecule has 1 aromatic heterocycles. The number of hydrogen-bond acceptors (Lipinski definition) is 4. The van der Waals surface area contributed by atoms with Crippen molar-refractivity contribution < 1.29 is 5.11 Å². The van der Waals surface area contributed by atoms with E-state index < -0.39 is 0 Å². The number of piperazine rings is 1. The van der Waals surface area contributed by atoms with Crippen LogP contribution in [-0.2, 0) is 6.54 Å². The van der Waals surface area contributed by atoms with Crippen LogP contribution in [0.4, 0.5) is 5.69 Å². The number of aromatic hydroxyl groups is 1. The number of aryl methyl sites for hydroxylation is 2. The molecule has 26 heavy (non-hydrogen) atoms.